The van der Waals surface area contributed by atoms with Gasteiger partial charge in [0.2, 0.25) is 0 Å². The zero-order valence-electron chi connectivity index (χ0n) is 20.3. The lowest BCUT2D eigenvalue weighted by atomic mass is 9.91. The van der Waals surface area contributed by atoms with E-state index in [0.29, 0.717) is 0 Å². The molecule has 0 aromatic heterocycles. The first-order valence-electron chi connectivity index (χ1n) is 11.5. The quantitative estimate of drug-likeness (QED) is 0.434. The van der Waals surface area contributed by atoms with Crippen LogP contribution >= 0.6 is 0 Å². The van der Waals surface area contributed by atoms with Crippen molar-refractivity contribution in [1.29, 1.82) is 0 Å². The summed E-state index contributed by atoms with van der Waals surface area (Å²) < 4.78 is 0. The van der Waals surface area contributed by atoms with Crippen molar-refractivity contribution in [3.8, 4) is 0 Å². The van der Waals surface area contributed by atoms with E-state index in [4.69, 9.17) is 0 Å². The van der Waals surface area contributed by atoms with Crippen molar-refractivity contribution in [2.24, 2.45) is 5.92 Å². The summed E-state index contributed by atoms with van der Waals surface area (Å²) in [6.07, 6.45) is 22.7. The topological polar surface area (TPSA) is 0 Å². The molecule has 0 saturated heterocycles. The molecule has 1 rings (SSSR count). The van der Waals surface area contributed by atoms with Crippen molar-refractivity contribution < 1.29 is 0 Å². The van der Waals surface area contributed by atoms with Crippen molar-refractivity contribution in [3.63, 3.8) is 0 Å². The SMILES string of the molecule is CC.CC/C=C/C=C/C=C(\C)CC.CC1CCCCC1.CCC.CCC. The van der Waals surface area contributed by atoms with Gasteiger partial charge < -0.3 is 0 Å². The maximum absolute atomic E-state index is 2.36. The van der Waals surface area contributed by atoms with Gasteiger partial charge >= 0.3 is 0 Å². The molecule has 1 aliphatic rings. The van der Waals surface area contributed by atoms with Gasteiger partial charge in [-0.3, -0.25) is 0 Å². The van der Waals surface area contributed by atoms with Gasteiger partial charge in [-0.25, -0.2) is 0 Å². The van der Waals surface area contributed by atoms with Crippen LogP contribution in [-0.4, -0.2) is 0 Å². The zero-order chi connectivity index (χ0) is 21.1. The molecule has 0 radical (unpaired) electrons. The fraction of sp³-hybridized carbons (Fsp3) is 0.769. The minimum atomic E-state index is 1.04. The van der Waals surface area contributed by atoms with E-state index in [9.17, 15) is 0 Å². The Balaban J connectivity index is -0.000000138. The summed E-state index contributed by atoms with van der Waals surface area (Å²) in [6, 6.07) is 0. The Morgan fingerprint density at radius 3 is 1.54 bits per heavy atom. The molecule has 0 amide bonds. The molecule has 1 saturated carbocycles. The summed E-state index contributed by atoms with van der Waals surface area (Å²) in [5.74, 6) is 1.04. The molecule has 0 aromatic carbocycles. The van der Waals surface area contributed by atoms with Crippen LogP contribution in [0, 0.1) is 5.92 Å². The highest BCUT2D eigenvalue weighted by Gasteiger charge is 2.05. The predicted molar refractivity (Wildman–Crippen MR) is 128 cm³/mol. The molecule has 0 unspecified atom stereocenters. The lowest BCUT2D eigenvalue weighted by Gasteiger charge is -2.15. The monoisotopic (exact) mass is 366 g/mol. The summed E-state index contributed by atoms with van der Waals surface area (Å²) in [7, 11) is 0. The molecule has 158 valence electrons. The molecule has 0 N–H and O–H groups in total. The smallest absolute Gasteiger partial charge is 0.0349 e. The second kappa shape index (κ2) is 35.4. The Morgan fingerprint density at radius 2 is 1.23 bits per heavy atom. The van der Waals surface area contributed by atoms with Crippen molar-refractivity contribution >= 4 is 0 Å². The van der Waals surface area contributed by atoms with Gasteiger partial charge in [-0.2, -0.15) is 0 Å². The number of allylic oxidation sites excluding steroid dienone is 6. The van der Waals surface area contributed by atoms with E-state index in [0.717, 1.165) is 18.8 Å². The van der Waals surface area contributed by atoms with E-state index in [2.05, 4.69) is 85.8 Å². The molecule has 26 heavy (non-hydrogen) atoms. The predicted octanol–water partition coefficient (Wildman–Crippen LogP) is 10.3. The van der Waals surface area contributed by atoms with Gasteiger partial charge in [0, 0.05) is 0 Å². The summed E-state index contributed by atoms with van der Waals surface area (Å²) in [4.78, 5) is 0. The van der Waals surface area contributed by atoms with E-state index in [-0.39, 0.29) is 0 Å². The molecule has 1 aliphatic carbocycles. The van der Waals surface area contributed by atoms with Crippen LogP contribution in [0.5, 0.6) is 0 Å². The second-order valence-electron chi connectivity index (χ2n) is 6.75. The highest BCUT2D eigenvalue weighted by atomic mass is 14.1. The Morgan fingerprint density at radius 1 is 0.769 bits per heavy atom. The molecule has 0 nitrogen and oxygen atoms in total. The van der Waals surface area contributed by atoms with Gasteiger partial charge in [-0.15, -0.1) is 0 Å². The van der Waals surface area contributed by atoms with E-state index >= 15 is 0 Å². The van der Waals surface area contributed by atoms with E-state index in [1.165, 1.54) is 50.5 Å². The van der Waals surface area contributed by atoms with Crippen LogP contribution in [0.15, 0.2) is 36.0 Å². The van der Waals surface area contributed by atoms with E-state index in [1.54, 1.807) is 0 Å². The van der Waals surface area contributed by atoms with Crippen molar-refractivity contribution in [2.75, 3.05) is 0 Å². The Kier molecular flexibility index (Phi) is 44.7. The maximum atomic E-state index is 2.36. The van der Waals surface area contributed by atoms with Crippen molar-refractivity contribution in [2.45, 2.75) is 127 Å². The van der Waals surface area contributed by atoms with Crippen LogP contribution in [0.2, 0.25) is 0 Å². The normalized spacial score (nSPS) is 14.2. The van der Waals surface area contributed by atoms with Gasteiger partial charge in [0.05, 0.1) is 0 Å². The summed E-state index contributed by atoms with van der Waals surface area (Å²) in [5, 5.41) is 0. The van der Waals surface area contributed by atoms with Crippen LogP contribution < -0.4 is 0 Å². The number of rotatable bonds is 4. The van der Waals surface area contributed by atoms with Crippen molar-refractivity contribution in [3.05, 3.63) is 36.0 Å². The minimum absolute atomic E-state index is 1.04. The molecule has 0 bridgehead atoms. The molecule has 0 aliphatic heterocycles. The Hall–Kier alpha value is -0.780. The van der Waals surface area contributed by atoms with Crippen molar-refractivity contribution in [1.82, 2.24) is 0 Å². The van der Waals surface area contributed by atoms with Crippen LogP contribution in [0.4, 0.5) is 0 Å². The number of hydrogen-bond donors (Lipinski definition) is 0. The van der Waals surface area contributed by atoms with Crippen LogP contribution in [0.25, 0.3) is 0 Å². The molecule has 0 heteroatoms. The average molecular weight is 367 g/mol. The van der Waals surface area contributed by atoms with Crippen LogP contribution in [0.1, 0.15) is 127 Å². The number of hydrogen-bond acceptors (Lipinski definition) is 0. The molecule has 0 atom stereocenters. The fourth-order valence-corrected chi connectivity index (χ4v) is 1.92. The van der Waals surface area contributed by atoms with Gasteiger partial charge in [0.25, 0.3) is 0 Å². The standard InChI is InChI=1S/C11H18.C7H14.2C3H8.C2H6/c1-4-6-7-8-9-10-11(3)5-2;1-7-5-3-2-4-6-7;2*1-3-2;1-2/h6-10H,4-5H2,1-3H3;7H,2-6H2,1H3;2*3H2,1-2H3;1-2H3/b7-6+,9-8+,11-10+;;;;. The Labute approximate surface area is 169 Å². The maximum Gasteiger partial charge on any atom is -0.0349 e. The largest absolute Gasteiger partial charge is 0.0848 e. The zero-order valence-corrected chi connectivity index (χ0v) is 20.3. The van der Waals surface area contributed by atoms with Crippen LogP contribution in [0.3, 0.4) is 0 Å². The first-order valence-corrected chi connectivity index (χ1v) is 11.5. The molecule has 0 heterocycles. The second-order valence-corrected chi connectivity index (χ2v) is 6.75. The molecule has 1 fully saturated rings. The third-order valence-corrected chi connectivity index (χ3v) is 3.43. The third-order valence-electron chi connectivity index (χ3n) is 3.43. The fourth-order valence-electron chi connectivity index (χ4n) is 1.92. The minimum Gasteiger partial charge on any atom is -0.0848 e. The average Bonchev–Trinajstić information content (AvgIpc) is 2.65. The first kappa shape index (κ1) is 32.9. The summed E-state index contributed by atoms with van der Waals surface area (Å²) >= 11 is 0. The van der Waals surface area contributed by atoms with E-state index < -0.39 is 0 Å². The van der Waals surface area contributed by atoms with Crippen LogP contribution in [-0.2, 0) is 0 Å². The molecular formula is C26H54. The lowest BCUT2D eigenvalue weighted by Crippen LogP contribution is -1.99. The van der Waals surface area contributed by atoms with Gasteiger partial charge in [-0.05, 0) is 25.7 Å². The molecular weight excluding hydrogens is 312 g/mol. The van der Waals surface area contributed by atoms with Gasteiger partial charge in [-0.1, -0.05) is 143 Å². The van der Waals surface area contributed by atoms with Gasteiger partial charge in [0.1, 0.15) is 0 Å². The highest BCUT2D eigenvalue weighted by Crippen LogP contribution is 2.22. The molecule has 0 spiro atoms. The summed E-state index contributed by atoms with van der Waals surface area (Å²) in [5.41, 5.74) is 1.42. The highest BCUT2D eigenvalue weighted by molar-refractivity contribution is 5.14. The Bertz CT molecular complexity index is 272. The first-order chi connectivity index (χ1) is 12.5. The van der Waals surface area contributed by atoms with Gasteiger partial charge in [0.15, 0.2) is 0 Å². The summed E-state index contributed by atoms with van der Waals surface area (Å²) in [6.45, 7) is 21.3. The lowest BCUT2D eigenvalue weighted by molar-refractivity contribution is 0.385. The van der Waals surface area contributed by atoms with E-state index in [1.807, 2.05) is 13.8 Å². The molecule has 0 aromatic rings. The third kappa shape index (κ3) is 43.6.